The highest BCUT2D eigenvalue weighted by atomic mass is 31.1. The predicted octanol–water partition coefficient (Wildman–Crippen LogP) is 6.19. The summed E-state index contributed by atoms with van der Waals surface area (Å²) in [6.07, 6.45) is 1.17. The first-order valence-electron chi connectivity index (χ1n) is 11.0. The zero-order valence-electron chi connectivity index (χ0n) is 21.1. The van der Waals surface area contributed by atoms with E-state index in [0.29, 0.717) is 0 Å². The van der Waals surface area contributed by atoms with Crippen LogP contribution in [0, 0.1) is 41.5 Å². The Kier molecular flexibility index (Phi) is 9.75. The van der Waals surface area contributed by atoms with Gasteiger partial charge in [-0.1, -0.05) is 37.3 Å². The van der Waals surface area contributed by atoms with Crippen LogP contribution in [0.5, 0.6) is 11.5 Å². The molecule has 0 fully saturated rings. The van der Waals surface area contributed by atoms with Crippen LogP contribution in [0.3, 0.4) is 0 Å². The van der Waals surface area contributed by atoms with Crippen molar-refractivity contribution in [3.63, 3.8) is 0 Å². The summed E-state index contributed by atoms with van der Waals surface area (Å²) in [6, 6.07) is 15.3. The fraction of sp³-hybridized carbons (Fsp3) is 0.357. The highest BCUT2D eigenvalue weighted by Gasteiger charge is 2.18. The highest BCUT2D eigenvalue weighted by molar-refractivity contribution is 7.73. The molecular formula is C28H38O2P2. The number of hydrogen-bond donors (Lipinski definition) is 0. The van der Waals surface area contributed by atoms with Crippen molar-refractivity contribution in [1.82, 2.24) is 0 Å². The molecule has 0 saturated carbocycles. The van der Waals surface area contributed by atoms with E-state index in [-0.39, 0.29) is 7.92 Å². The molecule has 0 aromatic heterocycles. The number of hydrogen-bond acceptors (Lipinski definition) is 2. The number of rotatable bonds is 5. The lowest BCUT2D eigenvalue weighted by molar-refractivity contribution is 0.408. The number of methoxy groups -OCH3 is 2. The van der Waals surface area contributed by atoms with Crippen LogP contribution in [0.15, 0.2) is 42.5 Å². The van der Waals surface area contributed by atoms with Gasteiger partial charge in [-0.3, -0.25) is 0 Å². The highest BCUT2D eigenvalue weighted by Crippen LogP contribution is 2.37. The molecule has 0 N–H and O–H groups in total. The van der Waals surface area contributed by atoms with Crippen LogP contribution in [0.25, 0.3) is 0 Å². The maximum atomic E-state index is 5.54. The SMILES string of the molecule is CC[P@@](c1ccccc1)c1cc(C)c(OC)c(C)c1C.COc1c(C)cc(P)c(C)c1C. The summed E-state index contributed by atoms with van der Waals surface area (Å²) in [5.41, 5.74) is 7.63. The fourth-order valence-electron chi connectivity index (χ4n) is 4.14. The maximum Gasteiger partial charge on any atom is 0.124 e. The molecule has 1 unspecified atom stereocenters. The van der Waals surface area contributed by atoms with Gasteiger partial charge in [0.1, 0.15) is 11.5 Å². The average molecular weight is 469 g/mol. The van der Waals surface area contributed by atoms with Gasteiger partial charge < -0.3 is 9.47 Å². The Hall–Kier alpha value is -1.88. The molecule has 0 radical (unpaired) electrons. The molecule has 2 atom stereocenters. The Morgan fingerprint density at radius 1 is 0.719 bits per heavy atom. The second-order valence-electron chi connectivity index (χ2n) is 8.14. The Bertz CT molecular complexity index is 1060. The molecule has 0 aliphatic rings. The third kappa shape index (κ3) is 5.72. The van der Waals surface area contributed by atoms with Gasteiger partial charge in [-0.15, -0.1) is 9.24 Å². The van der Waals surface area contributed by atoms with Crippen molar-refractivity contribution in [2.24, 2.45) is 0 Å². The van der Waals surface area contributed by atoms with Gasteiger partial charge in [0.05, 0.1) is 14.2 Å². The van der Waals surface area contributed by atoms with E-state index < -0.39 is 0 Å². The lowest BCUT2D eigenvalue weighted by Gasteiger charge is -2.22. The molecule has 0 aliphatic carbocycles. The molecule has 4 heteroatoms. The van der Waals surface area contributed by atoms with Crippen molar-refractivity contribution in [1.29, 1.82) is 0 Å². The van der Waals surface area contributed by atoms with E-state index in [4.69, 9.17) is 9.47 Å². The van der Waals surface area contributed by atoms with Gasteiger partial charge in [-0.05, 0) is 117 Å². The summed E-state index contributed by atoms with van der Waals surface area (Å²) in [7, 11) is 5.95. The first kappa shape index (κ1) is 26.4. The van der Waals surface area contributed by atoms with Gasteiger partial charge in [0, 0.05) is 0 Å². The molecule has 172 valence electrons. The molecular weight excluding hydrogens is 430 g/mol. The molecule has 0 aliphatic heterocycles. The lowest BCUT2D eigenvalue weighted by atomic mass is 10.1. The van der Waals surface area contributed by atoms with Gasteiger partial charge in [0.2, 0.25) is 0 Å². The van der Waals surface area contributed by atoms with Gasteiger partial charge in [0.15, 0.2) is 0 Å². The molecule has 0 amide bonds. The van der Waals surface area contributed by atoms with E-state index in [1.807, 2.05) is 0 Å². The second-order valence-corrected chi connectivity index (χ2v) is 11.3. The minimum atomic E-state index is -0.275. The Labute approximate surface area is 198 Å². The largest absolute Gasteiger partial charge is 0.496 e. The zero-order valence-corrected chi connectivity index (χ0v) is 23.1. The van der Waals surface area contributed by atoms with E-state index in [9.17, 15) is 0 Å². The Morgan fingerprint density at radius 2 is 1.22 bits per heavy atom. The molecule has 0 bridgehead atoms. The molecule has 0 heterocycles. The summed E-state index contributed by atoms with van der Waals surface area (Å²) in [6.45, 7) is 15.1. The van der Waals surface area contributed by atoms with Crippen molar-refractivity contribution in [3.8, 4) is 11.5 Å². The molecule has 0 spiro atoms. The van der Waals surface area contributed by atoms with Gasteiger partial charge in [0.25, 0.3) is 0 Å². The van der Waals surface area contributed by atoms with Crippen LogP contribution >= 0.6 is 17.2 Å². The van der Waals surface area contributed by atoms with Crippen molar-refractivity contribution in [3.05, 3.63) is 75.8 Å². The minimum Gasteiger partial charge on any atom is -0.496 e. The third-order valence-electron chi connectivity index (χ3n) is 6.15. The first-order valence-corrected chi connectivity index (χ1v) is 13.2. The van der Waals surface area contributed by atoms with Crippen LogP contribution in [-0.2, 0) is 0 Å². The standard InChI is InChI=1S/C18H23OP.C10H15OP/c1-6-20(16-10-8-7-9-11-16)17-12-13(2)18(19-5)15(4)14(17)3;1-6-5-9(12)7(2)8(3)10(6)11-4/h7-12H,6H2,1-5H3;5H,12H2,1-4H3/t20-;/m0./s1. The van der Waals surface area contributed by atoms with Crippen LogP contribution < -0.4 is 25.4 Å². The van der Waals surface area contributed by atoms with Crippen molar-refractivity contribution < 1.29 is 9.47 Å². The lowest BCUT2D eigenvalue weighted by Crippen LogP contribution is -2.18. The molecule has 3 rings (SSSR count). The summed E-state index contributed by atoms with van der Waals surface area (Å²) < 4.78 is 10.8. The first-order chi connectivity index (χ1) is 15.2. The van der Waals surface area contributed by atoms with Crippen LogP contribution in [0.2, 0.25) is 0 Å². The van der Waals surface area contributed by atoms with E-state index in [1.54, 1.807) is 14.2 Å². The summed E-state index contributed by atoms with van der Waals surface area (Å²) in [4.78, 5) is 0. The van der Waals surface area contributed by atoms with Crippen molar-refractivity contribution in [2.45, 2.75) is 48.5 Å². The van der Waals surface area contributed by atoms with Crippen LogP contribution in [0.1, 0.15) is 40.3 Å². The second kappa shape index (κ2) is 11.8. The molecule has 32 heavy (non-hydrogen) atoms. The predicted molar refractivity (Wildman–Crippen MR) is 147 cm³/mol. The summed E-state index contributed by atoms with van der Waals surface area (Å²) >= 11 is 0. The number of ether oxygens (including phenoxy) is 2. The minimum absolute atomic E-state index is 0.275. The average Bonchev–Trinajstić information content (AvgIpc) is 2.78. The van der Waals surface area contributed by atoms with E-state index in [2.05, 4.69) is 100 Å². The monoisotopic (exact) mass is 468 g/mol. The third-order valence-corrected chi connectivity index (χ3v) is 9.35. The maximum absolute atomic E-state index is 5.54. The Balaban J connectivity index is 0.000000258. The smallest absolute Gasteiger partial charge is 0.124 e. The number of benzene rings is 3. The summed E-state index contributed by atoms with van der Waals surface area (Å²) in [5.74, 6) is 2.05. The Morgan fingerprint density at radius 3 is 1.72 bits per heavy atom. The molecule has 3 aromatic rings. The number of aryl methyl sites for hydroxylation is 2. The van der Waals surface area contributed by atoms with E-state index >= 15 is 0 Å². The summed E-state index contributed by atoms with van der Waals surface area (Å²) in [5, 5.41) is 4.20. The molecule has 2 nitrogen and oxygen atoms in total. The normalized spacial score (nSPS) is 11.4. The van der Waals surface area contributed by atoms with Crippen molar-refractivity contribution in [2.75, 3.05) is 20.4 Å². The zero-order chi connectivity index (χ0) is 24.0. The molecule has 0 saturated heterocycles. The van der Waals surface area contributed by atoms with Crippen molar-refractivity contribution >= 4 is 33.1 Å². The van der Waals surface area contributed by atoms with Gasteiger partial charge in [-0.2, -0.15) is 0 Å². The molecule has 3 aromatic carbocycles. The van der Waals surface area contributed by atoms with E-state index in [0.717, 1.165) is 11.5 Å². The quantitative estimate of drug-likeness (QED) is 0.416. The van der Waals surface area contributed by atoms with Crippen LogP contribution in [0.4, 0.5) is 0 Å². The van der Waals surface area contributed by atoms with E-state index in [1.165, 1.54) is 55.5 Å². The topological polar surface area (TPSA) is 18.5 Å². The van der Waals surface area contributed by atoms with Crippen LogP contribution in [-0.4, -0.2) is 20.4 Å². The van der Waals surface area contributed by atoms with Gasteiger partial charge >= 0.3 is 0 Å². The van der Waals surface area contributed by atoms with Gasteiger partial charge in [-0.25, -0.2) is 0 Å². The fourth-order valence-corrected chi connectivity index (χ4v) is 7.04.